The van der Waals surface area contributed by atoms with Gasteiger partial charge in [-0.25, -0.2) is 0 Å². The molecule has 2 aromatic heterocycles. The van der Waals surface area contributed by atoms with Crippen molar-refractivity contribution in [1.82, 2.24) is 20.1 Å². The Morgan fingerprint density at radius 2 is 1.97 bits per heavy atom. The quantitative estimate of drug-likeness (QED) is 0.584. The van der Waals surface area contributed by atoms with Crippen LogP contribution >= 0.6 is 0 Å². The molecule has 0 radical (unpaired) electrons. The number of aromatic nitrogens is 3. The maximum absolute atomic E-state index is 12.0. The van der Waals surface area contributed by atoms with E-state index in [4.69, 9.17) is 9.84 Å². The average Bonchev–Trinajstić information content (AvgIpc) is 3.36. The highest BCUT2D eigenvalue weighted by Crippen LogP contribution is 2.34. The highest BCUT2D eigenvalue weighted by molar-refractivity contribution is 6.01. The van der Waals surface area contributed by atoms with Gasteiger partial charge in [0.1, 0.15) is 12.3 Å². The number of methoxy groups -OCH3 is 1. The number of amides is 1. The van der Waals surface area contributed by atoms with Crippen LogP contribution in [-0.4, -0.2) is 46.7 Å². The topological polar surface area (TPSA) is 86.1 Å². The SMILES string of the molecule is COCC(=O)NCCCn1cc(-c2ccc3c(c2)CCC3=O)c(-c2ccncc2)n1. The molecular formula is C23H24N4O3. The Morgan fingerprint density at radius 1 is 1.13 bits per heavy atom. The van der Waals surface area contributed by atoms with Crippen molar-refractivity contribution in [2.24, 2.45) is 0 Å². The van der Waals surface area contributed by atoms with E-state index in [1.54, 1.807) is 12.4 Å². The van der Waals surface area contributed by atoms with Crippen LogP contribution in [-0.2, 0) is 22.5 Å². The van der Waals surface area contributed by atoms with Gasteiger partial charge in [0.2, 0.25) is 5.91 Å². The molecule has 1 N–H and O–H groups in total. The number of fused-ring (bicyclic) bond motifs is 1. The van der Waals surface area contributed by atoms with Crippen molar-refractivity contribution in [3.8, 4) is 22.4 Å². The molecule has 0 spiro atoms. The first-order chi connectivity index (χ1) is 14.7. The van der Waals surface area contributed by atoms with Gasteiger partial charge in [0.25, 0.3) is 0 Å². The van der Waals surface area contributed by atoms with Gasteiger partial charge < -0.3 is 10.1 Å². The molecule has 0 aliphatic heterocycles. The maximum Gasteiger partial charge on any atom is 0.245 e. The maximum atomic E-state index is 12.0. The number of pyridine rings is 1. The van der Waals surface area contributed by atoms with Crippen molar-refractivity contribution >= 4 is 11.7 Å². The van der Waals surface area contributed by atoms with Gasteiger partial charge in [0.15, 0.2) is 5.78 Å². The zero-order valence-corrected chi connectivity index (χ0v) is 16.9. The smallest absolute Gasteiger partial charge is 0.245 e. The number of ether oxygens (including phenoxy) is 1. The molecule has 0 fully saturated rings. The molecule has 7 nitrogen and oxygen atoms in total. The summed E-state index contributed by atoms with van der Waals surface area (Å²) >= 11 is 0. The van der Waals surface area contributed by atoms with Gasteiger partial charge in [-0.05, 0) is 36.1 Å². The van der Waals surface area contributed by atoms with E-state index in [0.717, 1.165) is 46.4 Å². The van der Waals surface area contributed by atoms with Crippen LogP contribution in [0, 0.1) is 0 Å². The minimum Gasteiger partial charge on any atom is -0.375 e. The second-order valence-corrected chi connectivity index (χ2v) is 7.32. The number of rotatable bonds is 8. The lowest BCUT2D eigenvalue weighted by Crippen LogP contribution is -2.28. The third kappa shape index (κ3) is 4.31. The Balaban J connectivity index is 1.58. The van der Waals surface area contributed by atoms with Crippen LogP contribution in [0.15, 0.2) is 48.9 Å². The van der Waals surface area contributed by atoms with Crippen LogP contribution in [0.1, 0.15) is 28.8 Å². The van der Waals surface area contributed by atoms with Crippen molar-refractivity contribution in [3.63, 3.8) is 0 Å². The highest BCUT2D eigenvalue weighted by Gasteiger charge is 2.21. The van der Waals surface area contributed by atoms with Crippen molar-refractivity contribution < 1.29 is 14.3 Å². The molecular weight excluding hydrogens is 380 g/mol. The van der Waals surface area contributed by atoms with Crippen LogP contribution in [0.4, 0.5) is 0 Å². The fourth-order valence-corrected chi connectivity index (χ4v) is 3.74. The van der Waals surface area contributed by atoms with Crippen LogP contribution in [0.3, 0.4) is 0 Å². The van der Waals surface area contributed by atoms with E-state index < -0.39 is 0 Å². The molecule has 4 rings (SSSR count). The monoisotopic (exact) mass is 404 g/mol. The summed E-state index contributed by atoms with van der Waals surface area (Å²) in [4.78, 5) is 27.6. The number of Topliss-reactive ketones (excluding diaryl/α,β-unsaturated/α-hetero) is 1. The number of hydrogen-bond donors (Lipinski definition) is 1. The average molecular weight is 404 g/mol. The van der Waals surface area contributed by atoms with Crippen LogP contribution in [0.2, 0.25) is 0 Å². The molecule has 0 atom stereocenters. The standard InChI is InChI=1S/C23H24N4O3/c1-30-15-22(29)25-9-2-12-27-14-20(23(26-27)16-7-10-24-11-8-16)18-3-5-19-17(13-18)4-6-21(19)28/h3,5,7-8,10-11,13-14H,2,4,6,9,12,15H2,1H3,(H,25,29). The Kier molecular flexibility index (Phi) is 5.99. The Labute approximate surface area is 175 Å². The molecule has 0 bridgehead atoms. The lowest BCUT2D eigenvalue weighted by atomic mass is 9.98. The minimum absolute atomic E-state index is 0.0684. The first-order valence-electron chi connectivity index (χ1n) is 10.1. The summed E-state index contributed by atoms with van der Waals surface area (Å²) in [5.74, 6) is 0.0981. The van der Waals surface area contributed by atoms with Gasteiger partial charge in [0.05, 0.1) is 0 Å². The van der Waals surface area contributed by atoms with Crippen LogP contribution < -0.4 is 5.32 Å². The third-order valence-electron chi connectivity index (χ3n) is 5.22. The number of nitrogens with zero attached hydrogens (tertiary/aromatic N) is 3. The lowest BCUT2D eigenvalue weighted by molar-refractivity contribution is -0.124. The summed E-state index contributed by atoms with van der Waals surface area (Å²) in [6, 6.07) is 9.92. The van der Waals surface area contributed by atoms with E-state index in [1.165, 1.54) is 7.11 Å². The molecule has 30 heavy (non-hydrogen) atoms. The molecule has 0 saturated heterocycles. The molecule has 1 aliphatic rings. The second kappa shape index (κ2) is 9.00. The van der Waals surface area contributed by atoms with Crippen molar-refractivity contribution in [2.45, 2.75) is 25.8 Å². The third-order valence-corrected chi connectivity index (χ3v) is 5.22. The zero-order chi connectivity index (χ0) is 20.9. The van der Waals surface area contributed by atoms with E-state index in [2.05, 4.69) is 16.4 Å². The Morgan fingerprint density at radius 3 is 2.77 bits per heavy atom. The summed E-state index contributed by atoms with van der Waals surface area (Å²) in [7, 11) is 1.50. The Bertz CT molecular complexity index is 1060. The number of carbonyl (C=O) groups is 2. The van der Waals surface area contributed by atoms with Gasteiger partial charge in [-0.3, -0.25) is 19.3 Å². The zero-order valence-electron chi connectivity index (χ0n) is 16.9. The summed E-state index contributed by atoms with van der Waals surface area (Å²) < 4.78 is 6.73. The van der Waals surface area contributed by atoms with E-state index >= 15 is 0 Å². The predicted molar refractivity (Wildman–Crippen MR) is 113 cm³/mol. The number of carbonyl (C=O) groups excluding carboxylic acids is 2. The Hall–Kier alpha value is -3.32. The number of benzene rings is 1. The first-order valence-corrected chi connectivity index (χ1v) is 10.1. The van der Waals surface area contributed by atoms with Crippen LogP contribution in [0.5, 0.6) is 0 Å². The van der Waals surface area contributed by atoms with E-state index in [9.17, 15) is 9.59 Å². The minimum atomic E-state index is -0.121. The molecule has 0 unspecified atom stereocenters. The van der Waals surface area contributed by atoms with Gasteiger partial charge in [-0.15, -0.1) is 0 Å². The molecule has 1 aliphatic carbocycles. The highest BCUT2D eigenvalue weighted by atomic mass is 16.5. The number of hydrogen-bond acceptors (Lipinski definition) is 5. The molecule has 0 saturated carbocycles. The largest absolute Gasteiger partial charge is 0.375 e. The van der Waals surface area contributed by atoms with Gasteiger partial charge >= 0.3 is 0 Å². The molecule has 3 aromatic rings. The first kappa shape index (κ1) is 20.0. The van der Waals surface area contributed by atoms with Crippen molar-refractivity contribution in [1.29, 1.82) is 0 Å². The van der Waals surface area contributed by atoms with E-state index in [-0.39, 0.29) is 18.3 Å². The van der Waals surface area contributed by atoms with E-state index in [0.29, 0.717) is 19.5 Å². The summed E-state index contributed by atoms with van der Waals surface area (Å²) in [5, 5.41) is 7.63. The van der Waals surface area contributed by atoms with E-state index in [1.807, 2.05) is 35.1 Å². The number of aryl methyl sites for hydroxylation is 2. The lowest BCUT2D eigenvalue weighted by Gasteiger charge is -2.05. The molecule has 1 amide bonds. The summed E-state index contributed by atoms with van der Waals surface area (Å²) in [6.07, 6.45) is 7.68. The second-order valence-electron chi connectivity index (χ2n) is 7.32. The fraction of sp³-hybridized carbons (Fsp3) is 0.304. The van der Waals surface area contributed by atoms with Crippen LogP contribution in [0.25, 0.3) is 22.4 Å². The molecule has 1 aromatic carbocycles. The summed E-state index contributed by atoms with van der Waals surface area (Å²) in [6.45, 7) is 1.30. The fourth-order valence-electron chi connectivity index (χ4n) is 3.74. The summed E-state index contributed by atoms with van der Waals surface area (Å²) in [5.41, 5.74) is 5.88. The normalized spacial score (nSPS) is 12.8. The van der Waals surface area contributed by atoms with Gasteiger partial charge in [0, 0.05) is 61.9 Å². The molecule has 154 valence electrons. The predicted octanol–water partition coefficient (Wildman–Crippen LogP) is 2.89. The van der Waals surface area contributed by atoms with Crippen molar-refractivity contribution in [3.05, 3.63) is 60.0 Å². The van der Waals surface area contributed by atoms with Crippen molar-refractivity contribution in [2.75, 3.05) is 20.3 Å². The van der Waals surface area contributed by atoms with Gasteiger partial charge in [-0.2, -0.15) is 5.10 Å². The number of ketones is 1. The number of nitrogens with one attached hydrogen (secondary N) is 1. The van der Waals surface area contributed by atoms with Gasteiger partial charge in [-0.1, -0.05) is 18.2 Å². The molecule has 7 heteroatoms. The molecule has 2 heterocycles.